The normalized spacial score (nSPS) is 13.9. The van der Waals surface area contributed by atoms with Crippen molar-refractivity contribution in [3.8, 4) is 0 Å². The molecular formula is C23H25N3O4. The monoisotopic (exact) mass is 407 g/mol. The van der Waals surface area contributed by atoms with Crippen LogP contribution >= 0.6 is 0 Å². The van der Waals surface area contributed by atoms with E-state index in [1.54, 1.807) is 47.1 Å². The fraction of sp³-hybridized carbons (Fsp3) is 0.261. The van der Waals surface area contributed by atoms with Crippen LogP contribution in [-0.2, 0) is 9.53 Å². The van der Waals surface area contributed by atoms with Gasteiger partial charge in [-0.15, -0.1) is 0 Å². The Bertz CT molecular complexity index is 919. The van der Waals surface area contributed by atoms with Gasteiger partial charge in [0.2, 0.25) is 5.91 Å². The summed E-state index contributed by atoms with van der Waals surface area (Å²) in [6.45, 7) is 3.74. The number of hydrogen-bond donors (Lipinski definition) is 1. The molecule has 7 nitrogen and oxygen atoms in total. The Morgan fingerprint density at radius 3 is 2.27 bits per heavy atom. The zero-order valence-electron chi connectivity index (χ0n) is 16.9. The first-order valence-corrected chi connectivity index (χ1v) is 9.92. The second-order valence-corrected chi connectivity index (χ2v) is 6.76. The predicted octanol–water partition coefficient (Wildman–Crippen LogP) is 3.25. The number of hydrogen-bond acceptors (Lipinski definition) is 4. The molecule has 3 amide bonds. The molecule has 1 saturated heterocycles. The third-order valence-electron chi connectivity index (χ3n) is 4.73. The SMILES string of the molecule is CCOC(=O)N1CCN(C(=O)c2ccccc2NC(=O)/C=C/c2ccccc2)CC1. The van der Waals surface area contributed by atoms with E-state index in [9.17, 15) is 14.4 Å². The number of nitrogens with zero attached hydrogens (tertiary/aromatic N) is 2. The molecule has 1 heterocycles. The number of anilines is 1. The van der Waals surface area contributed by atoms with Gasteiger partial charge in [0, 0.05) is 32.3 Å². The van der Waals surface area contributed by atoms with E-state index in [1.807, 2.05) is 30.3 Å². The number of ether oxygens (including phenoxy) is 1. The van der Waals surface area contributed by atoms with Gasteiger partial charge in [0.25, 0.3) is 5.91 Å². The fourth-order valence-corrected chi connectivity index (χ4v) is 3.17. The van der Waals surface area contributed by atoms with Gasteiger partial charge in [-0.2, -0.15) is 0 Å². The maximum Gasteiger partial charge on any atom is 0.409 e. The van der Waals surface area contributed by atoms with E-state index in [0.717, 1.165) is 5.56 Å². The third-order valence-corrected chi connectivity index (χ3v) is 4.73. The average molecular weight is 407 g/mol. The van der Waals surface area contributed by atoms with E-state index in [2.05, 4.69) is 5.32 Å². The lowest BCUT2D eigenvalue weighted by atomic mass is 10.1. The van der Waals surface area contributed by atoms with E-state index < -0.39 is 0 Å². The van der Waals surface area contributed by atoms with Crippen LogP contribution < -0.4 is 5.32 Å². The van der Waals surface area contributed by atoms with Gasteiger partial charge in [-0.3, -0.25) is 9.59 Å². The molecule has 0 saturated carbocycles. The molecule has 2 aromatic carbocycles. The Labute approximate surface area is 175 Å². The predicted molar refractivity (Wildman–Crippen MR) is 115 cm³/mol. The number of piperazine rings is 1. The maximum atomic E-state index is 13.0. The van der Waals surface area contributed by atoms with Crippen molar-refractivity contribution in [2.45, 2.75) is 6.92 Å². The molecule has 1 aliphatic rings. The molecule has 0 aromatic heterocycles. The van der Waals surface area contributed by atoms with Crippen molar-refractivity contribution in [3.63, 3.8) is 0 Å². The second-order valence-electron chi connectivity index (χ2n) is 6.76. The lowest BCUT2D eigenvalue weighted by Crippen LogP contribution is -2.50. The van der Waals surface area contributed by atoms with Crippen LogP contribution in [0.15, 0.2) is 60.7 Å². The van der Waals surface area contributed by atoms with E-state index in [-0.39, 0.29) is 17.9 Å². The summed E-state index contributed by atoms with van der Waals surface area (Å²) in [5, 5.41) is 2.79. The highest BCUT2D eigenvalue weighted by atomic mass is 16.6. The van der Waals surface area contributed by atoms with Crippen molar-refractivity contribution in [2.24, 2.45) is 0 Å². The summed E-state index contributed by atoms with van der Waals surface area (Å²) in [6.07, 6.45) is 2.80. The van der Waals surface area contributed by atoms with Crippen molar-refractivity contribution < 1.29 is 19.1 Å². The third kappa shape index (κ3) is 5.47. The molecule has 3 rings (SSSR count). The van der Waals surface area contributed by atoms with Crippen LogP contribution in [0.3, 0.4) is 0 Å². The molecule has 0 unspecified atom stereocenters. The van der Waals surface area contributed by atoms with Gasteiger partial charge >= 0.3 is 6.09 Å². The summed E-state index contributed by atoms with van der Waals surface area (Å²) in [5.41, 5.74) is 1.79. The molecule has 30 heavy (non-hydrogen) atoms. The summed E-state index contributed by atoms with van der Waals surface area (Å²) in [4.78, 5) is 40.4. The second kappa shape index (κ2) is 10.2. The van der Waals surface area contributed by atoms with Gasteiger partial charge < -0.3 is 19.9 Å². The molecule has 0 radical (unpaired) electrons. The first kappa shape index (κ1) is 21.1. The number of carbonyl (C=O) groups excluding carboxylic acids is 3. The summed E-state index contributed by atoms with van der Waals surface area (Å²) in [5.74, 6) is -0.493. The Morgan fingerprint density at radius 1 is 0.933 bits per heavy atom. The lowest BCUT2D eigenvalue weighted by Gasteiger charge is -2.34. The average Bonchev–Trinajstić information content (AvgIpc) is 2.78. The minimum Gasteiger partial charge on any atom is -0.450 e. The van der Waals surface area contributed by atoms with Gasteiger partial charge in [-0.25, -0.2) is 4.79 Å². The highest BCUT2D eigenvalue weighted by Gasteiger charge is 2.26. The van der Waals surface area contributed by atoms with Gasteiger partial charge in [0.05, 0.1) is 17.9 Å². The summed E-state index contributed by atoms with van der Waals surface area (Å²) >= 11 is 0. The number of carbonyl (C=O) groups is 3. The fourth-order valence-electron chi connectivity index (χ4n) is 3.17. The van der Waals surface area contributed by atoms with Crippen LogP contribution in [0, 0.1) is 0 Å². The molecule has 7 heteroatoms. The van der Waals surface area contributed by atoms with E-state index in [1.165, 1.54) is 6.08 Å². The van der Waals surface area contributed by atoms with Crippen LogP contribution in [0.25, 0.3) is 6.08 Å². The molecule has 0 spiro atoms. The highest BCUT2D eigenvalue weighted by Crippen LogP contribution is 2.19. The number of benzene rings is 2. The van der Waals surface area contributed by atoms with Crippen molar-refractivity contribution in [3.05, 3.63) is 71.8 Å². The molecule has 0 atom stereocenters. The molecule has 156 valence electrons. The smallest absolute Gasteiger partial charge is 0.409 e. The van der Waals surface area contributed by atoms with Crippen LogP contribution in [-0.4, -0.2) is 60.5 Å². The van der Waals surface area contributed by atoms with Crippen molar-refractivity contribution in [1.82, 2.24) is 9.80 Å². The summed E-state index contributed by atoms with van der Waals surface area (Å²) in [7, 11) is 0. The standard InChI is InChI=1S/C23H25N3O4/c1-2-30-23(29)26-16-14-25(15-17-26)22(28)19-10-6-7-11-20(19)24-21(27)13-12-18-8-4-3-5-9-18/h3-13H,2,14-17H2,1H3,(H,24,27)/b13-12+. The number of nitrogens with one attached hydrogen (secondary N) is 1. The van der Waals surface area contributed by atoms with Gasteiger partial charge in [-0.05, 0) is 30.7 Å². The number of para-hydroxylation sites is 1. The Morgan fingerprint density at radius 2 is 1.57 bits per heavy atom. The molecule has 0 aliphatic carbocycles. The quantitative estimate of drug-likeness (QED) is 0.772. The van der Waals surface area contributed by atoms with Crippen molar-refractivity contribution in [2.75, 3.05) is 38.1 Å². The summed E-state index contributed by atoms with van der Waals surface area (Å²) < 4.78 is 5.01. The van der Waals surface area contributed by atoms with Crippen LogP contribution in [0.4, 0.5) is 10.5 Å². The van der Waals surface area contributed by atoms with Crippen molar-refractivity contribution in [1.29, 1.82) is 0 Å². The Kier molecular flexibility index (Phi) is 7.21. The zero-order chi connectivity index (χ0) is 21.3. The van der Waals surface area contributed by atoms with E-state index >= 15 is 0 Å². The van der Waals surface area contributed by atoms with Crippen LogP contribution in [0.5, 0.6) is 0 Å². The molecule has 1 aliphatic heterocycles. The Hall–Kier alpha value is -3.61. The van der Waals surface area contributed by atoms with E-state index in [0.29, 0.717) is 44.0 Å². The van der Waals surface area contributed by atoms with Gasteiger partial charge in [0.1, 0.15) is 0 Å². The van der Waals surface area contributed by atoms with Crippen molar-refractivity contribution >= 4 is 29.7 Å². The topological polar surface area (TPSA) is 79.0 Å². The van der Waals surface area contributed by atoms with Gasteiger partial charge in [0.15, 0.2) is 0 Å². The molecule has 1 N–H and O–H groups in total. The lowest BCUT2D eigenvalue weighted by molar-refractivity contribution is -0.111. The first-order chi connectivity index (χ1) is 14.6. The molecule has 1 fully saturated rings. The molecule has 0 bridgehead atoms. The number of amides is 3. The minimum atomic E-state index is -0.359. The Balaban J connectivity index is 1.63. The van der Waals surface area contributed by atoms with Gasteiger partial charge in [-0.1, -0.05) is 42.5 Å². The van der Waals surface area contributed by atoms with E-state index in [4.69, 9.17) is 4.74 Å². The summed E-state index contributed by atoms with van der Waals surface area (Å²) in [6, 6.07) is 16.4. The largest absolute Gasteiger partial charge is 0.450 e. The molecular weight excluding hydrogens is 382 g/mol. The number of rotatable bonds is 5. The highest BCUT2D eigenvalue weighted by molar-refractivity contribution is 6.07. The first-order valence-electron chi connectivity index (χ1n) is 9.92. The maximum absolute atomic E-state index is 13.0. The zero-order valence-corrected chi connectivity index (χ0v) is 16.9. The van der Waals surface area contributed by atoms with Crippen LogP contribution in [0.1, 0.15) is 22.8 Å². The molecule has 2 aromatic rings. The minimum absolute atomic E-state index is 0.179. The van der Waals surface area contributed by atoms with Crippen LogP contribution in [0.2, 0.25) is 0 Å².